The Labute approximate surface area is 223 Å². The summed E-state index contributed by atoms with van der Waals surface area (Å²) in [4.78, 5) is 40.9. The smallest absolute Gasteiger partial charge is 0.292 e. The summed E-state index contributed by atoms with van der Waals surface area (Å²) in [6.45, 7) is 17.2. The van der Waals surface area contributed by atoms with Crippen molar-refractivity contribution < 1.29 is 14.3 Å². The van der Waals surface area contributed by atoms with Gasteiger partial charge in [-0.1, -0.05) is 0 Å². The second-order valence-corrected chi connectivity index (χ2v) is 12.0. The van der Waals surface area contributed by atoms with Gasteiger partial charge in [0.05, 0.1) is 31.7 Å². The largest absolute Gasteiger partial charge is 0.381 e. The number of amides is 1. The summed E-state index contributed by atoms with van der Waals surface area (Å²) >= 11 is 0. The van der Waals surface area contributed by atoms with Crippen LogP contribution in [0.4, 0.5) is 5.82 Å². The van der Waals surface area contributed by atoms with Gasteiger partial charge in [0, 0.05) is 55.6 Å². The molecule has 1 unspecified atom stereocenters. The molecule has 0 saturated carbocycles. The van der Waals surface area contributed by atoms with Crippen LogP contribution in [0.15, 0.2) is 18.7 Å². The third kappa shape index (κ3) is 5.35. The minimum Gasteiger partial charge on any atom is -0.381 e. The molecule has 0 aromatic carbocycles. The van der Waals surface area contributed by atoms with Crippen LogP contribution in [0.1, 0.15) is 58.6 Å². The summed E-state index contributed by atoms with van der Waals surface area (Å²) in [5, 5.41) is 0. The van der Waals surface area contributed by atoms with Crippen LogP contribution in [0.2, 0.25) is 0 Å². The highest BCUT2D eigenvalue weighted by molar-refractivity contribution is 5.92. The van der Waals surface area contributed by atoms with Gasteiger partial charge in [-0.3, -0.25) is 4.79 Å². The summed E-state index contributed by atoms with van der Waals surface area (Å²) in [6, 6.07) is 0. The summed E-state index contributed by atoms with van der Waals surface area (Å²) in [7, 11) is 0. The van der Waals surface area contributed by atoms with Gasteiger partial charge < -0.3 is 23.8 Å². The second-order valence-electron chi connectivity index (χ2n) is 12.0. The molecule has 3 aromatic heterocycles. The molecule has 0 aliphatic carbocycles. The molecule has 0 radical (unpaired) electrons. The van der Waals surface area contributed by atoms with E-state index in [1.807, 2.05) is 52.8 Å². The van der Waals surface area contributed by atoms with E-state index in [1.54, 1.807) is 12.4 Å². The molecule has 2 fully saturated rings. The van der Waals surface area contributed by atoms with Gasteiger partial charge in [-0.2, -0.15) is 0 Å². The number of rotatable bonds is 5. The third-order valence-electron chi connectivity index (χ3n) is 6.88. The molecule has 0 spiro atoms. The summed E-state index contributed by atoms with van der Waals surface area (Å²) < 4.78 is 13.2. The monoisotopic (exact) mass is 522 g/mol. The molecule has 11 heteroatoms. The van der Waals surface area contributed by atoms with Crippen molar-refractivity contribution in [3.8, 4) is 11.4 Å². The Balaban J connectivity index is 1.52. The number of fused-ring (bicyclic) bond motifs is 1. The molecule has 5 heterocycles. The van der Waals surface area contributed by atoms with E-state index < -0.39 is 0 Å². The predicted molar refractivity (Wildman–Crippen MR) is 144 cm³/mol. The van der Waals surface area contributed by atoms with Gasteiger partial charge in [0.1, 0.15) is 0 Å². The average Bonchev–Trinajstić information content (AvgIpc) is 3.53. The van der Waals surface area contributed by atoms with Crippen LogP contribution in [-0.2, 0) is 16.0 Å². The number of nitrogens with zero attached hydrogens (tertiary/aromatic N) is 8. The van der Waals surface area contributed by atoms with Crippen LogP contribution in [0.5, 0.6) is 0 Å². The lowest BCUT2D eigenvalue weighted by molar-refractivity contribution is 0.0258. The molecule has 204 valence electrons. The van der Waals surface area contributed by atoms with Crippen molar-refractivity contribution in [2.75, 3.05) is 44.4 Å². The van der Waals surface area contributed by atoms with E-state index in [4.69, 9.17) is 24.4 Å². The second kappa shape index (κ2) is 10.2. The first kappa shape index (κ1) is 26.4. The third-order valence-corrected chi connectivity index (χ3v) is 6.88. The molecular weight excluding hydrogens is 484 g/mol. The van der Waals surface area contributed by atoms with Crippen molar-refractivity contribution in [2.45, 2.75) is 65.6 Å². The van der Waals surface area contributed by atoms with Crippen molar-refractivity contribution in [1.29, 1.82) is 0 Å². The average molecular weight is 523 g/mol. The van der Waals surface area contributed by atoms with Crippen LogP contribution in [0.25, 0.3) is 22.6 Å². The van der Waals surface area contributed by atoms with E-state index in [0.717, 1.165) is 56.3 Å². The zero-order valence-electron chi connectivity index (χ0n) is 23.3. The Kier molecular flexibility index (Phi) is 7.08. The van der Waals surface area contributed by atoms with Crippen molar-refractivity contribution in [3.05, 3.63) is 24.5 Å². The fraction of sp³-hybridized carbons (Fsp3) is 0.630. The molecule has 2 saturated heterocycles. The van der Waals surface area contributed by atoms with Crippen molar-refractivity contribution in [1.82, 2.24) is 34.4 Å². The Hall–Kier alpha value is -3.18. The van der Waals surface area contributed by atoms with E-state index >= 15 is 0 Å². The van der Waals surface area contributed by atoms with Crippen LogP contribution < -0.4 is 4.90 Å². The van der Waals surface area contributed by atoms with Crippen molar-refractivity contribution in [3.63, 3.8) is 0 Å². The highest BCUT2D eigenvalue weighted by Gasteiger charge is 2.37. The Morgan fingerprint density at radius 3 is 2.26 bits per heavy atom. The quantitative estimate of drug-likeness (QED) is 0.499. The predicted octanol–water partition coefficient (Wildman–Crippen LogP) is 3.20. The molecule has 0 bridgehead atoms. The van der Waals surface area contributed by atoms with E-state index in [1.165, 1.54) is 0 Å². The number of ether oxygens (including phenoxy) is 2. The summed E-state index contributed by atoms with van der Waals surface area (Å²) in [5.74, 6) is 1.66. The first-order valence-electron chi connectivity index (χ1n) is 13.3. The maximum atomic E-state index is 13.4. The van der Waals surface area contributed by atoms with Crippen molar-refractivity contribution in [2.24, 2.45) is 5.92 Å². The van der Waals surface area contributed by atoms with Gasteiger partial charge in [0.25, 0.3) is 5.91 Å². The minimum absolute atomic E-state index is 0.152. The molecule has 0 N–H and O–H groups in total. The standard InChI is InChI=1S/C27H38N8O3/c1-26(2,3)35(27(4,5)6)25(36)22-28-13-19(14-29-22)21-31-23(33-8-11-37-12-9-33)20-24(32-21)34(17-30-20)15-18-7-10-38-16-18/h13-14,17-18H,7-12,15-16H2,1-6H3. The Bertz CT molecular complexity index is 1270. The molecule has 2 aliphatic heterocycles. The lowest BCUT2D eigenvalue weighted by Crippen LogP contribution is -2.56. The minimum atomic E-state index is -0.388. The van der Waals surface area contributed by atoms with Crippen LogP contribution in [0, 0.1) is 5.92 Å². The SMILES string of the molecule is CC(C)(C)N(C(=O)c1ncc(-c2nc(N3CCOCC3)c3ncn(CC4CCOC4)c3n2)cn1)C(C)(C)C. The van der Waals surface area contributed by atoms with Gasteiger partial charge >= 0.3 is 0 Å². The number of carbonyl (C=O) groups is 1. The molecular formula is C27H38N8O3. The van der Waals surface area contributed by atoms with E-state index in [9.17, 15) is 4.79 Å². The number of hydrogen-bond donors (Lipinski definition) is 0. The summed E-state index contributed by atoms with van der Waals surface area (Å²) in [5.41, 5.74) is 1.42. The van der Waals surface area contributed by atoms with Gasteiger partial charge in [0.2, 0.25) is 5.82 Å². The highest BCUT2D eigenvalue weighted by Crippen LogP contribution is 2.29. The molecule has 5 rings (SSSR count). The van der Waals surface area contributed by atoms with Crippen LogP contribution in [0.3, 0.4) is 0 Å². The van der Waals surface area contributed by atoms with E-state index in [-0.39, 0.29) is 22.8 Å². The molecule has 38 heavy (non-hydrogen) atoms. The fourth-order valence-electron chi connectivity index (χ4n) is 5.46. The normalized spacial score (nSPS) is 18.8. The number of morpholine rings is 1. The topological polar surface area (TPSA) is 111 Å². The maximum Gasteiger partial charge on any atom is 0.292 e. The van der Waals surface area contributed by atoms with Crippen molar-refractivity contribution >= 4 is 22.9 Å². The number of anilines is 1. The molecule has 1 amide bonds. The van der Waals surface area contributed by atoms with E-state index in [2.05, 4.69) is 19.4 Å². The van der Waals surface area contributed by atoms with Crippen LogP contribution >= 0.6 is 0 Å². The zero-order valence-corrected chi connectivity index (χ0v) is 23.3. The summed E-state index contributed by atoms with van der Waals surface area (Å²) in [6.07, 6.45) is 6.15. The first-order chi connectivity index (χ1) is 18.0. The lowest BCUT2D eigenvalue weighted by atomic mass is 9.95. The van der Waals surface area contributed by atoms with Gasteiger partial charge in [-0.15, -0.1) is 0 Å². The maximum absolute atomic E-state index is 13.4. The fourth-order valence-corrected chi connectivity index (χ4v) is 5.46. The number of imidazole rings is 1. The lowest BCUT2D eigenvalue weighted by Gasteiger charge is -2.45. The number of aromatic nitrogens is 6. The highest BCUT2D eigenvalue weighted by atomic mass is 16.5. The van der Waals surface area contributed by atoms with Gasteiger partial charge in [-0.05, 0) is 48.0 Å². The first-order valence-corrected chi connectivity index (χ1v) is 13.3. The number of carbonyl (C=O) groups excluding carboxylic acids is 1. The van der Waals surface area contributed by atoms with Gasteiger partial charge in [0.15, 0.2) is 22.8 Å². The van der Waals surface area contributed by atoms with E-state index in [0.29, 0.717) is 30.5 Å². The van der Waals surface area contributed by atoms with Gasteiger partial charge in [-0.25, -0.2) is 24.9 Å². The molecule has 1 atom stereocenters. The van der Waals surface area contributed by atoms with Crippen LogP contribution in [-0.4, -0.2) is 90.9 Å². The number of hydrogen-bond acceptors (Lipinski definition) is 9. The molecule has 2 aliphatic rings. The zero-order chi connectivity index (χ0) is 27.1. The molecule has 11 nitrogen and oxygen atoms in total. The Morgan fingerprint density at radius 1 is 0.974 bits per heavy atom. The Morgan fingerprint density at radius 2 is 1.66 bits per heavy atom. The molecule has 3 aromatic rings.